The molecule has 0 aromatic rings. The van der Waals surface area contributed by atoms with E-state index in [1.807, 2.05) is 20.0 Å². The first-order valence-corrected chi connectivity index (χ1v) is 4.89. The van der Waals surface area contributed by atoms with Gasteiger partial charge >= 0.3 is 0 Å². The quantitative estimate of drug-likeness (QED) is 0.585. The number of hydrogen-bond acceptors (Lipinski definition) is 3. The monoisotopic (exact) mass is 215 g/mol. The summed E-state index contributed by atoms with van der Waals surface area (Å²) in [6.07, 6.45) is 2.73. The number of hydrogen-bond donors (Lipinski definition) is 3. The molecule has 0 unspecified atom stereocenters. The number of carbonyl (C=O) groups excluding carboxylic acids is 1. The highest BCUT2D eigenvalue weighted by molar-refractivity contribution is 7.82. The van der Waals surface area contributed by atoms with Crippen molar-refractivity contribution in [2.24, 2.45) is 0 Å². The maximum atomic E-state index is 11.1. The summed E-state index contributed by atoms with van der Waals surface area (Å²) in [6.45, 7) is 2.76. The van der Waals surface area contributed by atoms with Gasteiger partial charge in [-0.3, -0.25) is 4.79 Å². The predicted octanol–water partition coefficient (Wildman–Crippen LogP) is 0.163. The van der Waals surface area contributed by atoms with E-state index in [-0.39, 0.29) is 10.9 Å². The summed E-state index contributed by atoms with van der Waals surface area (Å²) in [4.78, 5) is 11.3. The summed E-state index contributed by atoms with van der Waals surface area (Å²) < 4.78 is 0. The van der Waals surface area contributed by atoms with E-state index in [2.05, 4.69) is 16.0 Å². The molecule has 0 radical (unpaired) electrons. The van der Waals surface area contributed by atoms with Crippen molar-refractivity contribution in [3.63, 3.8) is 0 Å². The van der Waals surface area contributed by atoms with Crippen LogP contribution in [0.25, 0.3) is 0 Å². The van der Waals surface area contributed by atoms with Gasteiger partial charge in [0.1, 0.15) is 0 Å². The number of nitrogens with one attached hydrogen (secondary N) is 3. The fourth-order valence-corrected chi connectivity index (χ4v) is 1.09. The van der Waals surface area contributed by atoms with Crippen LogP contribution in [0.5, 0.6) is 0 Å². The molecule has 0 aliphatic heterocycles. The average molecular weight is 215 g/mol. The highest BCUT2D eigenvalue weighted by Gasteiger charge is 2.07. The first kappa shape index (κ1) is 13.1. The second-order valence-electron chi connectivity index (χ2n) is 2.70. The second kappa shape index (κ2) is 7.46. The van der Waals surface area contributed by atoms with Crippen LogP contribution in [0.1, 0.15) is 13.3 Å². The molecule has 0 saturated carbocycles. The molecule has 0 fully saturated rings. The van der Waals surface area contributed by atoms with Crippen LogP contribution in [0.2, 0.25) is 0 Å². The molecule has 0 aromatic carbocycles. The van der Waals surface area contributed by atoms with E-state index in [4.69, 9.17) is 12.2 Å². The molecular weight excluding hydrogens is 198 g/mol. The zero-order chi connectivity index (χ0) is 11.0. The predicted molar refractivity (Wildman–Crippen MR) is 62.1 cm³/mol. The lowest BCUT2D eigenvalue weighted by Crippen LogP contribution is -2.36. The highest BCUT2D eigenvalue weighted by Crippen LogP contribution is 1.95. The molecule has 0 saturated heterocycles. The van der Waals surface area contributed by atoms with Gasteiger partial charge in [-0.25, -0.2) is 0 Å². The minimum atomic E-state index is -0.260. The third kappa shape index (κ3) is 4.94. The minimum Gasteiger partial charge on any atom is -0.353 e. The summed E-state index contributed by atoms with van der Waals surface area (Å²) in [6, 6.07) is 0. The zero-order valence-corrected chi connectivity index (χ0v) is 9.62. The topological polar surface area (TPSA) is 53.2 Å². The molecule has 5 heteroatoms. The Morgan fingerprint density at radius 3 is 2.50 bits per heavy atom. The van der Waals surface area contributed by atoms with E-state index in [1.54, 1.807) is 7.05 Å². The number of likely N-dealkylation sites (N-methyl/N-ethyl adjacent to an activating group) is 1. The van der Waals surface area contributed by atoms with Crippen LogP contribution in [0, 0.1) is 0 Å². The van der Waals surface area contributed by atoms with E-state index in [1.165, 1.54) is 0 Å². The highest BCUT2D eigenvalue weighted by atomic mass is 32.1. The van der Waals surface area contributed by atoms with Gasteiger partial charge in [-0.15, -0.1) is 0 Å². The number of rotatable bonds is 4. The number of thiocarbonyl (C=S) groups is 1. The SMILES string of the molecule is C/C=C(\CCNC)NC(=S)C(=O)NC. The normalized spacial score (nSPS) is 10.9. The van der Waals surface area contributed by atoms with Crippen LogP contribution in [0.3, 0.4) is 0 Å². The van der Waals surface area contributed by atoms with Crippen molar-refractivity contribution in [3.05, 3.63) is 11.8 Å². The molecule has 0 atom stereocenters. The van der Waals surface area contributed by atoms with Gasteiger partial charge in [0.25, 0.3) is 5.91 Å². The molecule has 0 spiro atoms. The Morgan fingerprint density at radius 1 is 1.43 bits per heavy atom. The lowest BCUT2D eigenvalue weighted by molar-refractivity contribution is -0.114. The van der Waals surface area contributed by atoms with Crippen molar-refractivity contribution in [2.45, 2.75) is 13.3 Å². The van der Waals surface area contributed by atoms with Crippen LogP contribution in [-0.4, -0.2) is 31.5 Å². The first-order valence-electron chi connectivity index (χ1n) is 4.48. The van der Waals surface area contributed by atoms with E-state index < -0.39 is 0 Å². The van der Waals surface area contributed by atoms with Gasteiger partial charge in [0.15, 0.2) is 4.99 Å². The molecule has 0 bridgehead atoms. The van der Waals surface area contributed by atoms with E-state index in [0.717, 1.165) is 18.7 Å². The Kier molecular flexibility index (Phi) is 6.96. The third-order valence-corrected chi connectivity index (χ3v) is 1.99. The lowest BCUT2D eigenvalue weighted by Gasteiger charge is -2.10. The van der Waals surface area contributed by atoms with Gasteiger partial charge in [0, 0.05) is 19.3 Å². The van der Waals surface area contributed by atoms with Crippen LogP contribution >= 0.6 is 12.2 Å². The minimum absolute atomic E-state index is 0.205. The van der Waals surface area contributed by atoms with Gasteiger partial charge < -0.3 is 16.0 Å². The Balaban J connectivity index is 4.06. The summed E-state index contributed by atoms with van der Waals surface area (Å²) >= 11 is 4.88. The Hall–Kier alpha value is -0.940. The molecule has 3 N–H and O–H groups in total. The lowest BCUT2D eigenvalue weighted by atomic mass is 10.3. The molecule has 0 aliphatic carbocycles. The molecule has 1 amide bonds. The van der Waals surface area contributed by atoms with Crippen molar-refractivity contribution >= 4 is 23.1 Å². The van der Waals surface area contributed by atoms with Crippen LogP contribution in [0.4, 0.5) is 0 Å². The average Bonchev–Trinajstić information content (AvgIpc) is 2.22. The molecule has 4 nitrogen and oxygen atoms in total. The second-order valence-corrected chi connectivity index (χ2v) is 3.11. The van der Waals surface area contributed by atoms with Crippen LogP contribution in [-0.2, 0) is 4.79 Å². The van der Waals surface area contributed by atoms with Crippen LogP contribution < -0.4 is 16.0 Å². The van der Waals surface area contributed by atoms with Gasteiger partial charge in [0.05, 0.1) is 0 Å². The molecule has 0 rings (SSSR count). The fraction of sp³-hybridized carbons (Fsp3) is 0.556. The van der Waals surface area contributed by atoms with Gasteiger partial charge in [-0.1, -0.05) is 18.3 Å². The Bertz CT molecular complexity index is 238. The van der Waals surface area contributed by atoms with Crippen LogP contribution in [0.15, 0.2) is 11.8 Å². The van der Waals surface area contributed by atoms with E-state index >= 15 is 0 Å². The van der Waals surface area contributed by atoms with Crippen molar-refractivity contribution in [2.75, 3.05) is 20.6 Å². The maximum Gasteiger partial charge on any atom is 0.278 e. The van der Waals surface area contributed by atoms with Gasteiger partial charge in [-0.05, 0) is 20.4 Å². The Labute approximate surface area is 90.1 Å². The third-order valence-electron chi connectivity index (χ3n) is 1.70. The molecule has 0 aliphatic rings. The summed E-state index contributed by atoms with van der Waals surface area (Å²) in [5.74, 6) is -0.260. The summed E-state index contributed by atoms with van der Waals surface area (Å²) in [5.41, 5.74) is 0.952. The van der Waals surface area contributed by atoms with Gasteiger partial charge in [-0.2, -0.15) is 0 Å². The number of allylic oxidation sites excluding steroid dienone is 1. The first-order chi connectivity index (χ1) is 6.65. The number of carbonyl (C=O) groups is 1. The number of amides is 1. The molecule has 14 heavy (non-hydrogen) atoms. The van der Waals surface area contributed by atoms with Crippen molar-refractivity contribution in [3.8, 4) is 0 Å². The Morgan fingerprint density at radius 2 is 2.07 bits per heavy atom. The molecular formula is C9H17N3OS. The van der Waals surface area contributed by atoms with E-state index in [0.29, 0.717) is 0 Å². The molecule has 0 aromatic heterocycles. The fourth-order valence-electron chi connectivity index (χ4n) is 0.855. The smallest absolute Gasteiger partial charge is 0.278 e. The maximum absolute atomic E-state index is 11.1. The van der Waals surface area contributed by atoms with Crippen molar-refractivity contribution < 1.29 is 4.79 Å². The van der Waals surface area contributed by atoms with Gasteiger partial charge in [0.2, 0.25) is 0 Å². The molecule has 0 heterocycles. The largest absolute Gasteiger partial charge is 0.353 e. The molecule has 80 valence electrons. The van der Waals surface area contributed by atoms with Crippen molar-refractivity contribution in [1.29, 1.82) is 0 Å². The standard InChI is InChI=1S/C9H17N3OS/c1-4-7(5-6-10-2)12-9(14)8(13)11-3/h4,10H,5-6H2,1-3H3,(H,11,13)(H,12,14)/b7-4+. The summed E-state index contributed by atoms with van der Waals surface area (Å²) in [5, 5.41) is 8.38. The summed E-state index contributed by atoms with van der Waals surface area (Å²) in [7, 11) is 3.43. The van der Waals surface area contributed by atoms with Crippen molar-refractivity contribution in [1.82, 2.24) is 16.0 Å². The zero-order valence-electron chi connectivity index (χ0n) is 8.81. The van der Waals surface area contributed by atoms with E-state index in [9.17, 15) is 4.79 Å².